The molecule has 0 fully saturated rings. The number of rotatable bonds is 7. The third-order valence-electron chi connectivity index (χ3n) is 4.24. The first kappa shape index (κ1) is 23.0. The highest BCUT2D eigenvalue weighted by Gasteiger charge is 2.38. The Hall–Kier alpha value is -2.09. The van der Waals surface area contributed by atoms with Crippen LogP contribution in [0.3, 0.4) is 0 Å². The van der Waals surface area contributed by atoms with Gasteiger partial charge in [-0.15, -0.1) is 0 Å². The summed E-state index contributed by atoms with van der Waals surface area (Å²) in [5, 5.41) is 5.58. The van der Waals surface area contributed by atoms with Gasteiger partial charge in [-0.2, -0.15) is 0 Å². The zero-order chi connectivity index (χ0) is 20.8. The zero-order valence-corrected chi connectivity index (χ0v) is 17.1. The van der Waals surface area contributed by atoms with Gasteiger partial charge < -0.3 is 25.8 Å². The molecule has 27 heavy (non-hydrogen) atoms. The molecule has 0 saturated heterocycles. The van der Waals surface area contributed by atoms with Gasteiger partial charge in [0.25, 0.3) is 0 Å². The Morgan fingerprint density at radius 1 is 1.22 bits per heavy atom. The fourth-order valence-corrected chi connectivity index (χ4v) is 2.99. The van der Waals surface area contributed by atoms with Gasteiger partial charge in [-0.05, 0) is 39.7 Å². The van der Waals surface area contributed by atoms with Crippen LogP contribution in [0.4, 0.5) is 4.79 Å². The minimum atomic E-state index is -0.671. The van der Waals surface area contributed by atoms with Crippen LogP contribution in [0.5, 0.6) is 0 Å². The van der Waals surface area contributed by atoms with Crippen LogP contribution >= 0.6 is 0 Å². The molecule has 0 saturated carbocycles. The second-order valence-electron chi connectivity index (χ2n) is 7.78. The number of carbonyl (C=O) groups excluding carboxylic acids is 3. The number of primary amides is 1. The van der Waals surface area contributed by atoms with Crippen molar-refractivity contribution in [3.8, 4) is 0 Å². The molecule has 0 spiro atoms. The summed E-state index contributed by atoms with van der Waals surface area (Å²) in [7, 11) is 0. The molecule has 3 amide bonds. The Bertz CT molecular complexity index is 578. The lowest BCUT2D eigenvalue weighted by atomic mass is 9.87. The van der Waals surface area contributed by atoms with Crippen LogP contribution in [-0.4, -0.2) is 47.8 Å². The van der Waals surface area contributed by atoms with E-state index in [9.17, 15) is 14.4 Å². The molecule has 8 nitrogen and oxygen atoms in total. The van der Waals surface area contributed by atoms with Crippen LogP contribution in [-0.2, 0) is 19.1 Å². The van der Waals surface area contributed by atoms with E-state index in [1.54, 1.807) is 26.8 Å². The maximum Gasteiger partial charge on any atom is 0.407 e. The first-order valence-electron chi connectivity index (χ1n) is 9.39. The van der Waals surface area contributed by atoms with E-state index in [1.807, 2.05) is 13.8 Å². The van der Waals surface area contributed by atoms with E-state index in [-0.39, 0.29) is 18.4 Å². The normalized spacial score (nSPS) is 22.8. The Balaban J connectivity index is 3.13. The van der Waals surface area contributed by atoms with E-state index >= 15 is 0 Å². The van der Waals surface area contributed by atoms with E-state index in [0.29, 0.717) is 5.57 Å². The quantitative estimate of drug-likeness (QED) is 0.619. The molecule has 0 aromatic heterocycles. The molecule has 3 unspecified atom stereocenters. The number of amides is 3. The molecular weight excluding hydrogens is 350 g/mol. The van der Waals surface area contributed by atoms with Crippen molar-refractivity contribution in [3.63, 3.8) is 0 Å². The van der Waals surface area contributed by atoms with Crippen LogP contribution in [0.2, 0.25) is 0 Å². The molecule has 1 aliphatic carbocycles. The van der Waals surface area contributed by atoms with Gasteiger partial charge in [0.15, 0.2) is 0 Å². The summed E-state index contributed by atoms with van der Waals surface area (Å²) >= 11 is 0. The van der Waals surface area contributed by atoms with Crippen molar-refractivity contribution < 1.29 is 23.9 Å². The first-order chi connectivity index (χ1) is 12.5. The van der Waals surface area contributed by atoms with Gasteiger partial charge in [-0.3, -0.25) is 9.59 Å². The average molecular weight is 383 g/mol. The molecule has 0 radical (unpaired) electrons. The van der Waals surface area contributed by atoms with Crippen molar-refractivity contribution in [2.45, 2.75) is 90.7 Å². The molecule has 4 N–H and O–H groups in total. The van der Waals surface area contributed by atoms with E-state index in [0.717, 1.165) is 12.8 Å². The van der Waals surface area contributed by atoms with Gasteiger partial charge in [0.2, 0.25) is 11.8 Å². The second kappa shape index (κ2) is 9.73. The summed E-state index contributed by atoms with van der Waals surface area (Å²) in [5.41, 5.74) is 5.16. The van der Waals surface area contributed by atoms with Crippen LogP contribution in [0.15, 0.2) is 11.6 Å². The summed E-state index contributed by atoms with van der Waals surface area (Å²) in [6.45, 7) is 10.7. The largest absolute Gasteiger partial charge is 0.444 e. The number of nitrogens with one attached hydrogen (secondary N) is 2. The topological polar surface area (TPSA) is 120 Å². The van der Waals surface area contributed by atoms with E-state index in [4.69, 9.17) is 15.2 Å². The highest BCUT2D eigenvalue weighted by atomic mass is 16.6. The van der Waals surface area contributed by atoms with Crippen molar-refractivity contribution >= 4 is 17.9 Å². The van der Waals surface area contributed by atoms with Crippen LogP contribution in [0, 0.1) is 0 Å². The number of carbonyl (C=O) groups is 3. The van der Waals surface area contributed by atoms with Crippen LogP contribution in [0.1, 0.15) is 60.8 Å². The van der Waals surface area contributed by atoms with Gasteiger partial charge in [0, 0.05) is 18.9 Å². The lowest BCUT2D eigenvalue weighted by Crippen LogP contribution is -2.60. The lowest BCUT2D eigenvalue weighted by Gasteiger charge is -2.38. The fourth-order valence-electron chi connectivity index (χ4n) is 2.99. The number of ether oxygens (including phenoxy) is 2. The van der Waals surface area contributed by atoms with Crippen molar-refractivity contribution in [2.24, 2.45) is 5.73 Å². The second-order valence-corrected chi connectivity index (χ2v) is 7.78. The third kappa shape index (κ3) is 7.58. The van der Waals surface area contributed by atoms with E-state index in [2.05, 4.69) is 10.6 Å². The van der Waals surface area contributed by atoms with Crippen LogP contribution < -0.4 is 16.4 Å². The number of alkyl carbamates (subject to hydrolysis) is 1. The lowest BCUT2D eigenvalue weighted by molar-refractivity contribution is -0.121. The number of hydrogen-bond donors (Lipinski definition) is 3. The molecule has 8 heteroatoms. The Morgan fingerprint density at radius 3 is 2.26 bits per heavy atom. The van der Waals surface area contributed by atoms with Gasteiger partial charge in [-0.1, -0.05) is 13.8 Å². The maximum absolute atomic E-state index is 12.3. The summed E-state index contributed by atoms with van der Waals surface area (Å²) < 4.78 is 11.4. The summed E-state index contributed by atoms with van der Waals surface area (Å²) in [4.78, 5) is 35.8. The van der Waals surface area contributed by atoms with E-state index in [1.165, 1.54) is 6.92 Å². The molecule has 0 heterocycles. The van der Waals surface area contributed by atoms with Crippen molar-refractivity contribution in [3.05, 3.63) is 11.6 Å². The molecule has 1 rings (SSSR count). The highest BCUT2D eigenvalue weighted by Crippen LogP contribution is 2.24. The number of nitrogens with two attached hydrogens (primary N) is 1. The van der Waals surface area contributed by atoms with Crippen LogP contribution in [0.25, 0.3) is 0 Å². The minimum Gasteiger partial charge on any atom is -0.444 e. The molecule has 0 aliphatic heterocycles. The Kier molecular flexibility index (Phi) is 8.27. The summed E-state index contributed by atoms with van der Waals surface area (Å²) in [6, 6.07) is -1.13. The van der Waals surface area contributed by atoms with Crippen molar-refractivity contribution in [2.75, 3.05) is 0 Å². The molecule has 0 aromatic rings. The average Bonchev–Trinajstić information content (AvgIpc) is 2.52. The monoisotopic (exact) mass is 383 g/mol. The zero-order valence-electron chi connectivity index (χ0n) is 17.1. The first-order valence-corrected chi connectivity index (χ1v) is 9.39. The van der Waals surface area contributed by atoms with Gasteiger partial charge in [0.05, 0.1) is 24.3 Å². The summed E-state index contributed by atoms with van der Waals surface area (Å²) in [6.07, 6.45) is 2.13. The molecule has 154 valence electrons. The van der Waals surface area contributed by atoms with Gasteiger partial charge in [0.1, 0.15) is 5.60 Å². The van der Waals surface area contributed by atoms with Crippen molar-refractivity contribution in [1.29, 1.82) is 0 Å². The molecule has 3 atom stereocenters. The van der Waals surface area contributed by atoms with Gasteiger partial charge in [-0.25, -0.2) is 4.79 Å². The SMILES string of the molecule is CCC(CC)OC1C=C(C(N)=O)CC(NC(=O)OC(C)(C)C)C1NC(C)=O. The molecule has 0 bridgehead atoms. The van der Waals surface area contributed by atoms with Gasteiger partial charge >= 0.3 is 6.09 Å². The highest BCUT2D eigenvalue weighted by molar-refractivity contribution is 5.92. The Labute approximate surface area is 161 Å². The minimum absolute atomic E-state index is 0.0445. The maximum atomic E-state index is 12.3. The fraction of sp³-hybridized carbons (Fsp3) is 0.737. The third-order valence-corrected chi connectivity index (χ3v) is 4.24. The summed E-state index contributed by atoms with van der Waals surface area (Å²) in [5.74, 6) is -0.838. The van der Waals surface area contributed by atoms with E-state index < -0.39 is 35.8 Å². The predicted molar refractivity (Wildman–Crippen MR) is 102 cm³/mol. The molecular formula is C19H33N3O5. The molecule has 1 aliphatic rings. The standard InChI is InChI=1S/C19H33N3O5/c1-7-13(8-2)26-15-10-12(17(20)24)9-14(16(15)21-11(3)23)22-18(25)27-19(4,5)6/h10,13-16H,7-9H2,1-6H3,(H2,20,24)(H,21,23)(H,22,25). The predicted octanol–water partition coefficient (Wildman–Crippen LogP) is 1.77. The smallest absolute Gasteiger partial charge is 0.407 e. The Morgan fingerprint density at radius 2 is 1.81 bits per heavy atom. The van der Waals surface area contributed by atoms with Crippen molar-refractivity contribution in [1.82, 2.24) is 10.6 Å². The molecule has 0 aromatic carbocycles. The number of hydrogen-bond acceptors (Lipinski definition) is 5.